The summed E-state index contributed by atoms with van der Waals surface area (Å²) in [7, 11) is -1.92. The van der Waals surface area contributed by atoms with Crippen LogP contribution in [0.25, 0.3) is 10.9 Å². The lowest BCUT2D eigenvalue weighted by Crippen LogP contribution is -2.51. The van der Waals surface area contributed by atoms with E-state index in [1.807, 2.05) is 19.1 Å². The van der Waals surface area contributed by atoms with E-state index in [9.17, 15) is 8.42 Å². The topological polar surface area (TPSA) is 78.4 Å². The maximum Gasteiger partial charge on any atom is 0.279 e. The summed E-state index contributed by atoms with van der Waals surface area (Å²) in [5.41, 5.74) is 2.06. The van der Waals surface area contributed by atoms with Crippen LogP contribution in [-0.4, -0.2) is 55.9 Å². The zero-order valence-corrected chi connectivity index (χ0v) is 13.5. The lowest BCUT2D eigenvalue weighted by Gasteiger charge is -2.34. The minimum absolute atomic E-state index is 0.445. The SMILES string of the molecule is CNS(=O)(=O)N1CCN(c2ncnc3ccc(C)cc23)CC1. The summed E-state index contributed by atoms with van der Waals surface area (Å²) in [6.07, 6.45) is 1.56. The number of aromatic nitrogens is 2. The van der Waals surface area contributed by atoms with Gasteiger partial charge in [0, 0.05) is 38.6 Å². The Morgan fingerprint density at radius 3 is 2.55 bits per heavy atom. The molecule has 118 valence electrons. The lowest BCUT2D eigenvalue weighted by molar-refractivity contribution is 0.380. The van der Waals surface area contributed by atoms with E-state index < -0.39 is 10.2 Å². The van der Waals surface area contributed by atoms with Gasteiger partial charge in [0.1, 0.15) is 12.1 Å². The van der Waals surface area contributed by atoms with Crippen LogP contribution in [0.15, 0.2) is 24.5 Å². The predicted molar refractivity (Wildman–Crippen MR) is 86.0 cm³/mol. The molecule has 0 aliphatic carbocycles. The molecule has 1 aromatic heterocycles. The molecular formula is C14H19N5O2S. The van der Waals surface area contributed by atoms with E-state index in [2.05, 4.69) is 25.7 Å². The van der Waals surface area contributed by atoms with Crippen LogP contribution >= 0.6 is 0 Å². The number of hydrogen-bond donors (Lipinski definition) is 1. The first-order chi connectivity index (χ1) is 10.5. The van der Waals surface area contributed by atoms with E-state index in [-0.39, 0.29) is 0 Å². The molecule has 0 radical (unpaired) electrons. The zero-order chi connectivity index (χ0) is 15.7. The third-order valence-electron chi connectivity index (χ3n) is 3.91. The molecule has 0 unspecified atom stereocenters. The van der Waals surface area contributed by atoms with Crippen molar-refractivity contribution in [2.75, 3.05) is 38.1 Å². The molecule has 1 fully saturated rings. The van der Waals surface area contributed by atoms with Gasteiger partial charge in [0.2, 0.25) is 0 Å². The standard InChI is InChI=1S/C14H19N5O2S/c1-11-3-4-13-12(9-11)14(17-10-16-13)18-5-7-19(8-6-18)22(20,21)15-2/h3-4,9-10,15H,5-8H2,1-2H3. The number of fused-ring (bicyclic) bond motifs is 1. The van der Waals surface area contributed by atoms with Gasteiger partial charge >= 0.3 is 0 Å². The quantitative estimate of drug-likeness (QED) is 0.892. The average molecular weight is 321 g/mol. The van der Waals surface area contributed by atoms with Crippen molar-refractivity contribution in [2.45, 2.75) is 6.92 Å². The van der Waals surface area contributed by atoms with Gasteiger partial charge in [-0.15, -0.1) is 0 Å². The first kappa shape index (κ1) is 15.1. The molecule has 0 spiro atoms. The van der Waals surface area contributed by atoms with Gasteiger partial charge in [-0.25, -0.2) is 14.7 Å². The van der Waals surface area contributed by atoms with Crippen molar-refractivity contribution in [3.8, 4) is 0 Å². The predicted octanol–water partition coefficient (Wildman–Crippen LogP) is 0.524. The normalized spacial score (nSPS) is 17.1. The Kier molecular flexibility index (Phi) is 3.98. The van der Waals surface area contributed by atoms with Crippen LogP contribution in [-0.2, 0) is 10.2 Å². The van der Waals surface area contributed by atoms with E-state index in [0.717, 1.165) is 22.3 Å². The van der Waals surface area contributed by atoms with Gasteiger partial charge in [0.15, 0.2) is 0 Å². The lowest BCUT2D eigenvalue weighted by atomic mass is 10.1. The van der Waals surface area contributed by atoms with Crippen molar-refractivity contribution in [2.24, 2.45) is 0 Å². The zero-order valence-electron chi connectivity index (χ0n) is 12.7. The summed E-state index contributed by atoms with van der Waals surface area (Å²) < 4.78 is 27.5. The van der Waals surface area contributed by atoms with Crippen LogP contribution in [0.5, 0.6) is 0 Å². The third kappa shape index (κ3) is 2.77. The smallest absolute Gasteiger partial charge is 0.279 e. The maximum absolute atomic E-state index is 11.8. The van der Waals surface area contributed by atoms with Crippen LogP contribution in [0.1, 0.15) is 5.56 Å². The molecule has 0 amide bonds. The highest BCUT2D eigenvalue weighted by molar-refractivity contribution is 7.87. The third-order valence-corrected chi connectivity index (χ3v) is 5.47. The second kappa shape index (κ2) is 5.79. The molecule has 1 saturated heterocycles. The summed E-state index contributed by atoms with van der Waals surface area (Å²) >= 11 is 0. The number of nitrogens with zero attached hydrogens (tertiary/aromatic N) is 4. The molecule has 0 atom stereocenters. The second-order valence-electron chi connectivity index (χ2n) is 5.31. The molecule has 0 bridgehead atoms. The molecule has 1 aromatic carbocycles. The Hall–Kier alpha value is -1.77. The van der Waals surface area contributed by atoms with Crippen molar-refractivity contribution in [3.05, 3.63) is 30.1 Å². The molecular weight excluding hydrogens is 302 g/mol. The molecule has 22 heavy (non-hydrogen) atoms. The van der Waals surface area contributed by atoms with E-state index >= 15 is 0 Å². The Balaban J connectivity index is 1.87. The Morgan fingerprint density at radius 1 is 1.14 bits per heavy atom. The number of rotatable bonds is 3. The fraction of sp³-hybridized carbons (Fsp3) is 0.429. The van der Waals surface area contributed by atoms with Crippen LogP contribution in [0.4, 0.5) is 5.82 Å². The van der Waals surface area contributed by atoms with Crippen molar-refractivity contribution in [1.29, 1.82) is 0 Å². The van der Waals surface area contributed by atoms with Gasteiger partial charge in [-0.1, -0.05) is 11.6 Å². The maximum atomic E-state index is 11.8. The van der Waals surface area contributed by atoms with Crippen molar-refractivity contribution in [1.82, 2.24) is 19.0 Å². The second-order valence-corrected chi connectivity index (χ2v) is 7.19. The molecule has 1 aliphatic heterocycles. The summed E-state index contributed by atoms with van der Waals surface area (Å²) in [4.78, 5) is 10.8. The molecule has 8 heteroatoms. The highest BCUT2D eigenvalue weighted by Gasteiger charge is 2.26. The minimum Gasteiger partial charge on any atom is -0.353 e. The largest absolute Gasteiger partial charge is 0.353 e. The minimum atomic E-state index is -3.35. The number of anilines is 1. The molecule has 1 aliphatic rings. The fourth-order valence-corrected chi connectivity index (χ4v) is 3.58. The molecule has 2 aromatic rings. The first-order valence-electron chi connectivity index (χ1n) is 7.16. The Labute approximate surface area is 130 Å². The number of aryl methyl sites for hydroxylation is 1. The average Bonchev–Trinajstić information content (AvgIpc) is 2.54. The van der Waals surface area contributed by atoms with Gasteiger partial charge in [-0.3, -0.25) is 0 Å². The number of nitrogens with one attached hydrogen (secondary N) is 1. The highest BCUT2D eigenvalue weighted by atomic mass is 32.2. The molecule has 0 saturated carbocycles. The highest BCUT2D eigenvalue weighted by Crippen LogP contribution is 2.25. The van der Waals surface area contributed by atoms with Crippen LogP contribution in [0.3, 0.4) is 0 Å². The van der Waals surface area contributed by atoms with Gasteiger partial charge in [-0.2, -0.15) is 12.7 Å². The van der Waals surface area contributed by atoms with Crippen molar-refractivity contribution >= 4 is 26.9 Å². The van der Waals surface area contributed by atoms with Crippen LogP contribution in [0.2, 0.25) is 0 Å². The van der Waals surface area contributed by atoms with Crippen LogP contribution < -0.4 is 9.62 Å². The summed E-state index contributed by atoms with van der Waals surface area (Å²) in [6.45, 7) is 4.15. The Bertz CT molecular complexity index is 785. The molecule has 3 rings (SSSR count). The molecule has 7 nitrogen and oxygen atoms in total. The van der Waals surface area contributed by atoms with Gasteiger partial charge < -0.3 is 4.90 Å². The van der Waals surface area contributed by atoms with Crippen molar-refractivity contribution < 1.29 is 8.42 Å². The summed E-state index contributed by atoms with van der Waals surface area (Å²) in [5, 5.41) is 1.01. The van der Waals surface area contributed by atoms with E-state index in [0.29, 0.717) is 26.2 Å². The molecule has 1 N–H and O–H groups in total. The molecule has 2 heterocycles. The van der Waals surface area contributed by atoms with Crippen molar-refractivity contribution in [3.63, 3.8) is 0 Å². The van der Waals surface area contributed by atoms with E-state index in [1.165, 1.54) is 11.4 Å². The van der Waals surface area contributed by atoms with E-state index in [4.69, 9.17) is 0 Å². The summed E-state index contributed by atoms with van der Waals surface area (Å²) in [5.74, 6) is 0.871. The van der Waals surface area contributed by atoms with Gasteiger partial charge in [-0.05, 0) is 19.1 Å². The van der Waals surface area contributed by atoms with Gasteiger partial charge in [0.25, 0.3) is 10.2 Å². The van der Waals surface area contributed by atoms with E-state index in [1.54, 1.807) is 6.33 Å². The van der Waals surface area contributed by atoms with Gasteiger partial charge in [0.05, 0.1) is 5.52 Å². The number of hydrogen-bond acceptors (Lipinski definition) is 5. The Morgan fingerprint density at radius 2 is 1.86 bits per heavy atom. The monoisotopic (exact) mass is 321 g/mol. The van der Waals surface area contributed by atoms with Crippen LogP contribution in [0, 0.1) is 6.92 Å². The number of benzene rings is 1. The fourth-order valence-electron chi connectivity index (χ4n) is 2.68. The first-order valence-corrected chi connectivity index (χ1v) is 8.60. The number of piperazine rings is 1. The summed E-state index contributed by atoms with van der Waals surface area (Å²) in [6, 6.07) is 6.08.